The van der Waals surface area contributed by atoms with Crippen LogP contribution >= 0.6 is 0 Å². The lowest BCUT2D eigenvalue weighted by atomic mass is 10.1. The molecule has 0 atom stereocenters. The maximum atomic E-state index is 11.9. The van der Waals surface area contributed by atoms with Crippen LogP contribution in [0.4, 0.5) is 5.69 Å². The van der Waals surface area contributed by atoms with Crippen molar-refractivity contribution in [3.8, 4) is 17.2 Å². The predicted molar refractivity (Wildman–Crippen MR) is 77.9 cm³/mol. The molecule has 0 unspecified atom stereocenters. The van der Waals surface area contributed by atoms with Crippen molar-refractivity contribution < 1.29 is 25.0 Å². The highest BCUT2D eigenvalue weighted by molar-refractivity contribution is 6.07. The highest BCUT2D eigenvalue weighted by Crippen LogP contribution is 2.32. The van der Waals surface area contributed by atoms with E-state index in [-0.39, 0.29) is 34.1 Å². The van der Waals surface area contributed by atoms with Gasteiger partial charge in [0.1, 0.15) is 17.2 Å². The number of rotatable bonds is 4. The van der Waals surface area contributed by atoms with E-state index < -0.39 is 10.7 Å². The Morgan fingerprint density at radius 3 is 2.09 bits per heavy atom. The van der Waals surface area contributed by atoms with Gasteiger partial charge in [-0.25, -0.2) is 0 Å². The molecule has 0 fully saturated rings. The zero-order chi connectivity index (χ0) is 16.3. The van der Waals surface area contributed by atoms with Gasteiger partial charge in [-0.15, -0.1) is 0 Å². The molecule has 112 valence electrons. The van der Waals surface area contributed by atoms with E-state index in [1.165, 1.54) is 30.3 Å². The third-order valence-electron chi connectivity index (χ3n) is 2.89. The average Bonchev–Trinajstić information content (AvgIpc) is 2.46. The number of nitrogens with zero attached hydrogens (tertiary/aromatic N) is 1. The average molecular weight is 301 g/mol. The minimum atomic E-state index is -0.573. The van der Waals surface area contributed by atoms with Gasteiger partial charge in [-0.1, -0.05) is 0 Å². The van der Waals surface area contributed by atoms with Gasteiger partial charge in [0.05, 0.1) is 10.5 Å². The topological polar surface area (TPSA) is 121 Å². The third kappa shape index (κ3) is 3.21. The predicted octanol–water partition coefficient (Wildman–Crippen LogP) is 2.61. The summed E-state index contributed by atoms with van der Waals surface area (Å²) in [5, 5.41) is 38.9. The van der Waals surface area contributed by atoms with E-state index in [1.54, 1.807) is 0 Å². The molecule has 0 radical (unpaired) electrons. The molecule has 0 bridgehead atoms. The quantitative estimate of drug-likeness (QED) is 0.345. The lowest BCUT2D eigenvalue weighted by Crippen LogP contribution is -1.95. The molecule has 2 aromatic carbocycles. The second-order valence-electron chi connectivity index (χ2n) is 4.40. The number of non-ortho nitro benzene ring substituents is 1. The van der Waals surface area contributed by atoms with E-state index in [4.69, 9.17) is 0 Å². The summed E-state index contributed by atoms with van der Waals surface area (Å²) in [5.74, 6) is -1.54. The number of hydrogen-bond acceptors (Lipinski definition) is 6. The van der Waals surface area contributed by atoms with Crippen molar-refractivity contribution in [2.24, 2.45) is 0 Å². The molecule has 7 heteroatoms. The van der Waals surface area contributed by atoms with Crippen molar-refractivity contribution >= 4 is 17.5 Å². The molecule has 0 aliphatic heterocycles. The van der Waals surface area contributed by atoms with Crippen LogP contribution in [0.15, 0.2) is 42.5 Å². The van der Waals surface area contributed by atoms with E-state index in [2.05, 4.69) is 0 Å². The lowest BCUT2D eigenvalue weighted by molar-refractivity contribution is -0.384. The molecular weight excluding hydrogens is 290 g/mol. The molecule has 0 aromatic heterocycles. The molecule has 0 heterocycles. The van der Waals surface area contributed by atoms with E-state index in [0.717, 1.165) is 18.2 Å². The van der Waals surface area contributed by atoms with Gasteiger partial charge < -0.3 is 15.3 Å². The highest BCUT2D eigenvalue weighted by Gasteiger charge is 2.09. The van der Waals surface area contributed by atoms with Crippen LogP contribution in [0.2, 0.25) is 0 Å². The number of nitro benzene ring substituents is 1. The van der Waals surface area contributed by atoms with Gasteiger partial charge in [0.2, 0.25) is 0 Å². The Balaban J connectivity index is 2.23. The monoisotopic (exact) mass is 301 g/mol. The minimum absolute atomic E-state index is 0.0203. The molecule has 22 heavy (non-hydrogen) atoms. The fourth-order valence-electron chi connectivity index (χ4n) is 1.78. The van der Waals surface area contributed by atoms with Crippen LogP contribution < -0.4 is 0 Å². The lowest BCUT2D eigenvalue weighted by Gasteiger charge is -2.03. The van der Waals surface area contributed by atoms with Gasteiger partial charge in [0.15, 0.2) is 5.78 Å². The fraction of sp³-hybridized carbons (Fsp3) is 0. The van der Waals surface area contributed by atoms with Gasteiger partial charge in [0, 0.05) is 29.8 Å². The van der Waals surface area contributed by atoms with E-state index in [0.29, 0.717) is 0 Å². The highest BCUT2D eigenvalue weighted by atomic mass is 16.6. The van der Waals surface area contributed by atoms with Gasteiger partial charge in [-0.05, 0) is 24.3 Å². The van der Waals surface area contributed by atoms with Crippen LogP contribution in [0.1, 0.15) is 15.9 Å². The number of phenolic OH excluding ortho intramolecular Hbond substituents is 3. The minimum Gasteiger partial charge on any atom is -0.508 e. The molecule has 0 saturated carbocycles. The molecule has 0 aliphatic rings. The summed E-state index contributed by atoms with van der Waals surface area (Å²) >= 11 is 0. The maximum absolute atomic E-state index is 11.9. The van der Waals surface area contributed by atoms with Gasteiger partial charge >= 0.3 is 0 Å². The summed E-state index contributed by atoms with van der Waals surface area (Å²) in [6, 6.07) is 7.07. The third-order valence-corrected chi connectivity index (χ3v) is 2.89. The van der Waals surface area contributed by atoms with Crippen LogP contribution in [0.25, 0.3) is 6.08 Å². The van der Waals surface area contributed by atoms with Crippen molar-refractivity contribution in [3.63, 3.8) is 0 Å². The first-order valence-electron chi connectivity index (χ1n) is 6.10. The summed E-state index contributed by atoms with van der Waals surface area (Å²) in [4.78, 5) is 21.9. The Morgan fingerprint density at radius 2 is 1.59 bits per heavy atom. The Hall–Kier alpha value is -3.35. The largest absolute Gasteiger partial charge is 0.508 e. The van der Waals surface area contributed by atoms with Crippen LogP contribution in [-0.2, 0) is 0 Å². The second kappa shape index (κ2) is 5.96. The number of phenols is 3. The van der Waals surface area contributed by atoms with E-state index in [1.807, 2.05) is 0 Å². The van der Waals surface area contributed by atoms with Crippen LogP contribution in [0.3, 0.4) is 0 Å². The maximum Gasteiger partial charge on any atom is 0.269 e. The first kappa shape index (κ1) is 15.0. The number of hydrogen-bond donors (Lipinski definition) is 3. The SMILES string of the molecule is O=C(/C=C/c1c(O)cc(O)cc1O)c1ccc([N+](=O)[O-])cc1. The first-order chi connectivity index (χ1) is 10.4. The van der Waals surface area contributed by atoms with Crippen LogP contribution in [-0.4, -0.2) is 26.0 Å². The molecule has 2 aromatic rings. The summed E-state index contributed by atoms with van der Waals surface area (Å²) in [6.45, 7) is 0. The Morgan fingerprint density at radius 1 is 1.05 bits per heavy atom. The van der Waals surface area contributed by atoms with E-state index >= 15 is 0 Å². The molecule has 2 rings (SSSR count). The normalized spacial score (nSPS) is 10.7. The number of carbonyl (C=O) groups is 1. The summed E-state index contributed by atoms with van der Waals surface area (Å²) in [7, 11) is 0. The van der Waals surface area contributed by atoms with Crippen LogP contribution in [0.5, 0.6) is 17.2 Å². The molecule has 0 amide bonds. The summed E-state index contributed by atoms with van der Waals surface area (Å²) < 4.78 is 0. The zero-order valence-electron chi connectivity index (χ0n) is 11.1. The van der Waals surface area contributed by atoms with Gasteiger partial charge in [-0.3, -0.25) is 14.9 Å². The second-order valence-corrected chi connectivity index (χ2v) is 4.40. The van der Waals surface area contributed by atoms with E-state index in [9.17, 15) is 30.2 Å². The number of carbonyl (C=O) groups excluding carboxylic acids is 1. The van der Waals surface area contributed by atoms with Crippen molar-refractivity contribution in [1.29, 1.82) is 0 Å². The van der Waals surface area contributed by atoms with Crippen molar-refractivity contribution in [3.05, 3.63) is 63.7 Å². The van der Waals surface area contributed by atoms with Crippen molar-refractivity contribution in [2.45, 2.75) is 0 Å². The molecule has 0 spiro atoms. The standard InChI is InChI=1S/C15H11NO6/c17-11-7-14(19)12(15(20)8-11)5-6-13(18)9-1-3-10(4-2-9)16(21)22/h1-8,17,19-20H/b6-5+. The van der Waals surface area contributed by atoms with Crippen LogP contribution in [0, 0.1) is 10.1 Å². The Kier molecular flexibility index (Phi) is 4.08. The number of ketones is 1. The number of nitro groups is 1. The summed E-state index contributed by atoms with van der Waals surface area (Å²) in [5.41, 5.74) is 0.0713. The fourth-order valence-corrected chi connectivity index (χ4v) is 1.78. The number of aromatic hydroxyl groups is 3. The number of allylic oxidation sites excluding steroid dienone is 1. The first-order valence-corrected chi connectivity index (χ1v) is 6.10. The molecule has 0 saturated heterocycles. The molecular formula is C15H11NO6. The number of benzene rings is 2. The summed E-state index contributed by atoms with van der Waals surface area (Å²) in [6.07, 6.45) is 2.29. The van der Waals surface area contributed by atoms with Gasteiger partial charge in [-0.2, -0.15) is 0 Å². The smallest absolute Gasteiger partial charge is 0.269 e. The molecule has 3 N–H and O–H groups in total. The molecule has 7 nitrogen and oxygen atoms in total. The Labute approximate surface area is 124 Å². The molecule has 0 aliphatic carbocycles. The zero-order valence-corrected chi connectivity index (χ0v) is 11.1. The Bertz CT molecular complexity index is 741. The van der Waals surface area contributed by atoms with Crippen molar-refractivity contribution in [1.82, 2.24) is 0 Å². The van der Waals surface area contributed by atoms with Gasteiger partial charge in [0.25, 0.3) is 5.69 Å². The van der Waals surface area contributed by atoms with Crippen molar-refractivity contribution in [2.75, 3.05) is 0 Å².